The molecule has 0 bridgehead atoms. The van der Waals surface area contributed by atoms with E-state index in [4.69, 9.17) is 4.42 Å². The molecule has 0 saturated carbocycles. The van der Waals surface area contributed by atoms with E-state index in [9.17, 15) is 0 Å². The summed E-state index contributed by atoms with van der Waals surface area (Å²) >= 11 is 0. The minimum atomic E-state index is 0.859. The first-order valence-corrected chi connectivity index (χ1v) is 5.48. The molecule has 2 rings (SSSR count). The van der Waals surface area contributed by atoms with Crippen LogP contribution in [0.15, 0.2) is 29.2 Å². The van der Waals surface area contributed by atoms with Gasteiger partial charge in [-0.15, -0.1) is 0 Å². The molecule has 0 spiro atoms. The smallest absolute Gasteiger partial charge is 0.105 e. The zero-order valence-corrected chi connectivity index (χ0v) is 9.73. The third-order valence-electron chi connectivity index (χ3n) is 2.57. The topological polar surface area (TPSA) is 43.0 Å². The van der Waals surface area contributed by atoms with Gasteiger partial charge in [0.05, 0.1) is 6.33 Å². The highest BCUT2D eigenvalue weighted by atomic mass is 16.3. The van der Waals surface area contributed by atoms with Gasteiger partial charge in [0.15, 0.2) is 0 Å². The average Bonchev–Trinajstić information content (AvgIpc) is 2.84. The Morgan fingerprint density at radius 1 is 1.44 bits per heavy atom. The van der Waals surface area contributed by atoms with Crippen LogP contribution < -0.4 is 5.32 Å². The van der Waals surface area contributed by atoms with Crippen molar-refractivity contribution in [1.29, 1.82) is 0 Å². The van der Waals surface area contributed by atoms with E-state index in [2.05, 4.69) is 20.9 Å². The molecule has 86 valence electrons. The number of hydrogen-bond donors (Lipinski definition) is 1. The number of furan rings is 1. The molecular weight excluding hydrogens is 202 g/mol. The second-order valence-electron chi connectivity index (χ2n) is 3.92. The van der Waals surface area contributed by atoms with Crippen LogP contribution in [0, 0.1) is 13.8 Å². The van der Waals surface area contributed by atoms with E-state index >= 15 is 0 Å². The van der Waals surface area contributed by atoms with Crippen molar-refractivity contribution in [3.05, 3.63) is 41.9 Å². The predicted molar refractivity (Wildman–Crippen MR) is 62.1 cm³/mol. The Balaban J connectivity index is 1.74. The SMILES string of the molecule is Cc1cc(CNCCn2ccnc2)c(C)o1. The van der Waals surface area contributed by atoms with Crippen molar-refractivity contribution >= 4 is 0 Å². The van der Waals surface area contributed by atoms with Crippen molar-refractivity contribution in [1.82, 2.24) is 14.9 Å². The molecule has 0 radical (unpaired) electrons. The zero-order valence-electron chi connectivity index (χ0n) is 9.73. The highest BCUT2D eigenvalue weighted by molar-refractivity contribution is 5.19. The fourth-order valence-electron chi connectivity index (χ4n) is 1.71. The van der Waals surface area contributed by atoms with Gasteiger partial charge in [-0.05, 0) is 19.9 Å². The van der Waals surface area contributed by atoms with Crippen molar-refractivity contribution in [3.63, 3.8) is 0 Å². The molecule has 0 aliphatic rings. The van der Waals surface area contributed by atoms with Gasteiger partial charge < -0.3 is 14.3 Å². The highest BCUT2D eigenvalue weighted by Gasteiger charge is 2.03. The molecule has 0 aliphatic heterocycles. The number of aryl methyl sites for hydroxylation is 2. The Hall–Kier alpha value is -1.55. The Kier molecular flexibility index (Phi) is 3.41. The van der Waals surface area contributed by atoms with Crippen molar-refractivity contribution in [3.8, 4) is 0 Å². The van der Waals surface area contributed by atoms with Crippen LogP contribution >= 0.6 is 0 Å². The van der Waals surface area contributed by atoms with Crippen molar-refractivity contribution in [2.24, 2.45) is 0 Å². The number of imidazole rings is 1. The molecule has 0 amide bonds. The van der Waals surface area contributed by atoms with E-state index in [0.29, 0.717) is 0 Å². The molecule has 0 saturated heterocycles. The lowest BCUT2D eigenvalue weighted by Gasteiger charge is -2.04. The van der Waals surface area contributed by atoms with Crippen molar-refractivity contribution in [2.45, 2.75) is 26.9 Å². The first-order chi connectivity index (χ1) is 7.75. The molecule has 0 aliphatic carbocycles. The fourth-order valence-corrected chi connectivity index (χ4v) is 1.71. The van der Waals surface area contributed by atoms with Gasteiger partial charge in [0, 0.05) is 37.6 Å². The predicted octanol–water partition coefficient (Wildman–Crippen LogP) is 1.88. The van der Waals surface area contributed by atoms with Crippen molar-refractivity contribution in [2.75, 3.05) is 6.54 Å². The average molecular weight is 219 g/mol. The second kappa shape index (κ2) is 4.99. The van der Waals surface area contributed by atoms with E-state index in [-0.39, 0.29) is 0 Å². The van der Waals surface area contributed by atoms with Gasteiger partial charge in [0.1, 0.15) is 11.5 Å². The molecule has 0 aromatic carbocycles. The second-order valence-corrected chi connectivity index (χ2v) is 3.92. The van der Waals surface area contributed by atoms with Crippen LogP contribution in [0.4, 0.5) is 0 Å². The van der Waals surface area contributed by atoms with Gasteiger partial charge in [-0.25, -0.2) is 4.98 Å². The lowest BCUT2D eigenvalue weighted by atomic mass is 10.2. The maximum absolute atomic E-state index is 5.46. The molecule has 0 unspecified atom stereocenters. The number of nitrogens with zero attached hydrogens (tertiary/aromatic N) is 2. The summed E-state index contributed by atoms with van der Waals surface area (Å²) in [5, 5.41) is 3.39. The quantitative estimate of drug-likeness (QED) is 0.781. The van der Waals surface area contributed by atoms with Crippen LogP contribution in [0.5, 0.6) is 0 Å². The minimum Gasteiger partial charge on any atom is -0.466 e. The van der Waals surface area contributed by atoms with Crippen LogP contribution in [0.1, 0.15) is 17.1 Å². The van der Waals surface area contributed by atoms with Crippen molar-refractivity contribution < 1.29 is 4.42 Å². The molecule has 2 aromatic heterocycles. The van der Waals surface area contributed by atoms with Gasteiger partial charge in [-0.3, -0.25) is 0 Å². The minimum absolute atomic E-state index is 0.859. The molecule has 2 aromatic rings. The molecule has 4 nitrogen and oxygen atoms in total. The van der Waals surface area contributed by atoms with Crippen LogP contribution in [0.3, 0.4) is 0 Å². The Morgan fingerprint density at radius 3 is 2.94 bits per heavy atom. The van der Waals surface area contributed by atoms with Crippen LogP contribution in [-0.2, 0) is 13.1 Å². The van der Waals surface area contributed by atoms with Crippen LogP contribution in [0.2, 0.25) is 0 Å². The highest BCUT2D eigenvalue weighted by Crippen LogP contribution is 2.12. The summed E-state index contributed by atoms with van der Waals surface area (Å²) in [6.45, 7) is 6.70. The monoisotopic (exact) mass is 219 g/mol. The number of rotatable bonds is 5. The van der Waals surface area contributed by atoms with E-state index in [1.807, 2.05) is 26.4 Å². The Labute approximate surface area is 95.3 Å². The number of nitrogens with one attached hydrogen (secondary N) is 1. The van der Waals surface area contributed by atoms with E-state index in [1.165, 1.54) is 5.56 Å². The number of hydrogen-bond acceptors (Lipinski definition) is 3. The van der Waals surface area contributed by atoms with Gasteiger partial charge in [0.2, 0.25) is 0 Å². The summed E-state index contributed by atoms with van der Waals surface area (Å²) in [4.78, 5) is 4.00. The summed E-state index contributed by atoms with van der Waals surface area (Å²) in [5.41, 5.74) is 1.24. The summed E-state index contributed by atoms with van der Waals surface area (Å²) in [6, 6.07) is 2.08. The molecule has 0 fully saturated rings. The maximum atomic E-state index is 5.46. The van der Waals surface area contributed by atoms with E-state index in [0.717, 1.165) is 31.2 Å². The third-order valence-corrected chi connectivity index (χ3v) is 2.57. The van der Waals surface area contributed by atoms with E-state index < -0.39 is 0 Å². The van der Waals surface area contributed by atoms with Gasteiger partial charge in [-0.1, -0.05) is 0 Å². The van der Waals surface area contributed by atoms with Gasteiger partial charge in [-0.2, -0.15) is 0 Å². The first-order valence-electron chi connectivity index (χ1n) is 5.48. The Bertz CT molecular complexity index is 431. The molecule has 2 heterocycles. The lowest BCUT2D eigenvalue weighted by Crippen LogP contribution is -2.19. The molecular formula is C12H17N3O. The summed E-state index contributed by atoms with van der Waals surface area (Å²) in [7, 11) is 0. The summed E-state index contributed by atoms with van der Waals surface area (Å²) in [5.74, 6) is 1.98. The van der Waals surface area contributed by atoms with Crippen LogP contribution in [-0.4, -0.2) is 16.1 Å². The number of aromatic nitrogens is 2. The normalized spacial score (nSPS) is 10.9. The first kappa shape index (κ1) is 11.0. The maximum Gasteiger partial charge on any atom is 0.105 e. The molecule has 16 heavy (non-hydrogen) atoms. The summed E-state index contributed by atoms with van der Waals surface area (Å²) < 4.78 is 7.52. The van der Waals surface area contributed by atoms with Crippen LogP contribution in [0.25, 0.3) is 0 Å². The zero-order chi connectivity index (χ0) is 11.4. The molecule has 0 atom stereocenters. The van der Waals surface area contributed by atoms with Gasteiger partial charge in [0.25, 0.3) is 0 Å². The van der Waals surface area contributed by atoms with E-state index in [1.54, 1.807) is 6.20 Å². The molecule has 4 heteroatoms. The standard InChI is InChI=1S/C12H17N3O/c1-10-7-12(11(2)16-10)8-13-3-5-15-6-4-14-9-15/h4,6-7,9,13H,3,5,8H2,1-2H3. The fraction of sp³-hybridized carbons (Fsp3) is 0.417. The molecule has 1 N–H and O–H groups in total. The lowest BCUT2D eigenvalue weighted by molar-refractivity contribution is 0.498. The third kappa shape index (κ3) is 2.73. The largest absolute Gasteiger partial charge is 0.466 e. The Morgan fingerprint density at radius 2 is 2.31 bits per heavy atom. The van der Waals surface area contributed by atoms with Gasteiger partial charge >= 0.3 is 0 Å². The summed E-state index contributed by atoms with van der Waals surface area (Å²) in [6.07, 6.45) is 5.59.